The van der Waals surface area contributed by atoms with E-state index in [1.54, 1.807) is 6.92 Å². The van der Waals surface area contributed by atoms with E-state index in [9.17, 15) is 4.79 Å². The van der Waals surface area contributed by atoms with Gasteiger partial charge < -0.3 is 0 Å². The van der Waals surface area contributed by atoms with Crippen molar-refractivity contribution in [2.45, 2.75) is 6.92 Å². The standard InChI is InChI=1S/C16H18NOPS/c1-14(18)17(2)19(13-20,15-9-5-3-6-10-15)16-11-7-4-8-12-16/h3-12H,13H2,1-2H3/p+1. The summed E-state index contributed by atoms with van der Waals surface area (Å²) < 4.78 is 1.88. The highest BCUT2D eigenvalue weighted by Gasteiger charge is 2.47. The Bertz CT molecular complexity index is 534. The molecular weight excluding hydrogens is 285 g/mol. The maximum Gasteiger partial charge on any atom is 0.251 e. The molecule has 0 saturated carbocycles. The molecule has 0 aliphatic rings. The first-order valence-electron chi connectivity index (χ1n) is 6.48. The van der Waals surface area contributed by atoms with Crippen molar-refractivity contribution in [3.63, 3.8) is 0 Å². The van der Waals surface area contributed by atoms with Crippen molar-refractivity contribution in [2.24, 2.45) is 0 Å². The van der Waals surface area contributed by atoms with Gasteiger partial charge in [-0.05, 0) is 24.3 Å². The second-order valence-electron chi connectivity index (χ2n) is 4.62. The lowest BCUT2D eigenvalue weighted by Gasteiger charge is -2.32. The fourth-order valence-corrected chi connectivity index (χ4v) is 7.21. The van der Waals surface area contributed by atoms with Crippen molar-refractivity contribution in [1.82, 2.24) is 4.67 Å². The molecule has 2 rings (SSSR count). The van der Waals surface area contributed by atoms with Gasteiger partial charge in [0.2, 0.25) is 0 Å². The molecule has 0 spiro atoms. The predicted octanol–water partition coefficient (Wildman–Crippen LogP) is 2.94. The summed E-state index contributed by atoms with van der Waals surface area (Å²) in [6.07, 6.45) is 0. The van der Waals surface area contributed by atoms with Crippen molar-refractivity contribution in [3.05, 3.63) is 60.7 Å². The minimum Gasteiger partial charge on any atom is -0.272 e. The van der Waals surface area contributed by atoms with Gasteiger partial charge in [-0.25, -0.2) is 4.67 Å². The molecule has 0 heterocycles. The summed E-state index contributed by atoms with van der Waals surface area (Å²) in [5, 5.41) is 2.36. The van der Waals surface area contributed by atoms with E-state index in [1.807, 2.05) is 48.1 Å². The summed E-state index contributed by atoms with van der Waals surface area (Å²) in [7, 11) is -0.0997. The highest BCUT2D eigenvalue weighted by molar-refractivity contribution is 8.00. The lowest BCUT2D eigenvalue weighted by molar-refractivity contribution is -0.123. The third-order valence-corrected chi connectivity index (χ3v) is 8.79. The molecule has 2 aromatic rings. The summed E-state index contributed by atoms with van der Waals surface area (Å²) in [4.78, 5) is 12.0. The molecule has 0 fully saturated rings. The molecule has 104 valence electrons. The number of rotatable bonds is 4. The molecule has 0 atom stereocenters. The van der Waals surface area contributed by atoms with Gasteiger partial charge in [-0.15, -0.1) is 12.6 Å². The number of carbonyl (C=O) groups excluding carboxylic acids is 1. The molecule has 4 heteroatoms. The van der Waals surface area contributed by atoms with Crippen LogP contribution in [-0.4, -0.2) is 23.1 Å². The molecule has 0 aromatic heterocycles. The van der Waals surface area contributed by atoms with E-state index in [1.165, 1.54) is 10.6 Å². The molecular formula is C16H19NOPS+. The second kappa shape index (κ2) is 6.43. The Balaban J connectivity index is 2.68. The first-order valence-corrected chi connectivity index (χ1v) is 9.04. The molecule has 1 amide bonds. The molecule has 0 aliphatic heterocycles. The molecule has 0 saturated heterocycles. The summed E-state index contributed by atoms with van der Waals surface area (Å²) in [5.41, 5.74) is 0.636. The third-order valence-electron chi connectivity index (χ3n) is 3.54. The molecule has 2 aromatic carbocycles. The maximum atomic E-state index is 12.0. The van der Waals surface area contributed by atoms with Crippen LogP contribution in [0.1, 0.15) is 6.92 Å². The van der Waals surface area contributed by atoms with Crippen molar-refractivity contribution >= 4 is 36.6 Å². The fourth-order valence-electron chi connectivity index (χ4n) is 2.34. The van der Waals surface area contributed by atoms with E-state index in [0.29, 0.717) is 5.49 Å². The van der Waals surface area contributed by atoms with E-state index in [-0.39, 0.29) is 5.91 Å². The van der Waals surface area contributed by atoms with Crippen LogP contribution in [0.4, 0.5) is 0 Å². The van der Waals surface area contributed by atoms with Crippen LogP contribution in [0, 0.1) is 0 Å². The molecule has 0 N–H and O–H groups in total. The number of amides is 1. The van der Waals surface area contributed by atoms with Gasteiger partial charge in [-0.1, -0.05) is 36.4 Å². The largest absolute Gasteiger partial charge is 0.272 e. The van der Waals surface area contributed by atoms with Gasteiger partial charge >= 0.3 is 0 Å². The minimum absolute atomic E-state index is 0.0695. The Kier molecular flexibility index (Phi) is 4.85. The van der Waals surface area contributed by atoms with E-state index >= 15 is 0 Å². The van der Waals surface area contributed by atoms with Crippen molar-refractivity contribution < 1.29 is 4.79 Å². The van der Waals surface area contributed by atoms with Gasteiger partial charge in [0.1, 0.15) is 16.1 Å². The van der Waals surface area contributed by atoms with Crippen LogP contribution in [0.25, 0.3) is 0 Å². The Hall–Kier alpha value is -1.31. The third kappa shape index (κ3) is 2.61. The van der Waals surface area contributed by atoms with Crippen LogP contribution < -0.4 is 10.6 Å². The lowest BCUT2D eigenvalue weighted by Crippen LogP contribution is -2.38. The number of carbonyl (C=O) groups is 1. The van der Waals surface area contributed by atoms with E-state index in [0.717, 1.165) is 0 Å². The van der Waals surface area contributed by atoms with Gasteiger partial charge in [0, 0.05) is 14.0 Å². The van der Waals surface area contributed by atoms with Gasteiger partial charge in [0.25, 0.3) is 5.91 Å². The van der Waals surface area contributed by atoms with E-state index in [4.69, 9.17) is 0 Å². The SMILES string of the molecule is CC(=O)N(C)[P+](CS)(c1ccccc1)c1ccccc1. The smallest absolute Gasteiger partial charge is 0.251 e. The van der Waals surface area contributed by atoms with Crippen LogP contribution in [0.15, 0.2) is 60.7 Å². The van der Waals surface area contributed by atoms with Gasteiger partial charge in [0.15, 0.2) is 7.41 Å². The molecule has 20 heavy (non-hydrogen) atoms. The normalized spacial score (nSPS) is 11.2. The van der Waals surface area contributed by atoms with Crippen LogP contribution in [0.5, 0.6) is 0 Å². The minimum atomic E-state index is -1.98. The predicted molar refractivity (Wildman–Crippen MR) is 91.4 cm³/mol. The van der Waals surface area contributed by atoms with Crippen LogP contribution in [-0.2, 0) is 4.79 Å². The number of hydrogen-bond acceptors (Lipinski definition) is 2. The molecule has 0 bridgehead atoms. The van der Waals surface area contributed by atoms with Gasteiger partial charge in [-0.2, -0.15) is 0 Å². The number of thiol groups is 1. The monoisotopic (exact) mass is 304 g/mol. The van der Waals surface area contributed by atoms with Gasteiger partial charge in [0.05, 0.1) is 0 Å². The summed E-state index contributed by atoms with van der Waals surface area (Å²) in [6.45, 7) is 1.62. The topological polar surface area (TPSA) is 20.3 Å². The Labute approximate surface area is 126 Å². The van der Waals surface area contributed by atoms with Crippen LogP contribution in [0.3, 0.4) is 0 Å². The highest BCUT2D eigenvalue weighted by atomic mass is 32.1. The summed E-state index contributed by atoms with van der Waals surface area (Å²) in [6, 6.07) is 20.4. The molecule has 0 unspecified atom stereocenters. The zero-order chi connectivity index (χ0) is 14.6. The average Bonchev–Trinajstić information content (AvgIpc) is 2.50. The van der Waals surface area contributed by atoms with Crippen molar-refractivity contribution in [2.75, 3.05) is 12.5 Å². The Morgan fingerprint density at radius 1 is 1.00 bits per heavy atom. The highest BCUT2D eigenvalue weighted by Crippen LogP contribution is 2.59. The second-order valence-corrected chi connectivity index (χ2v) is 8.93. The quantitative estimate of drug-likeness (QED) is 0.680. The zero-order valence-electron chi connectivity index (χ0n) is 11.7. The van der Waals surface area contributed by atoms with Crippen LogP contribution >= 0.6 is 20.0 Å². The Morgan fingerprint density at radius 2 is 1.40 bits per heavy atom. The average molecular weight is 304 g/mol. The number of nitrogens with zero attached hydrogens (tertiary/aromatic N) is 1. The molecule has 2 nitrogen and oxygen atoms in total. The van der Waals surface area contributed by atoms with E-state index in [2.05, 4.69) is 36.9 Å². The van der Waals surface area contributed by atoms with Crippen molar-refractivity contribution in [3.8, 4) is 0 Å². The lowest BCUT2D eigenvalue weighted by atomic mass is 10.4. The maximum absolute atomic E-state index is 12.0. The first kappa shape index (κ1) is 15.1. The number of benzene rings is 2. The van der Waals surface area contributed by atoms with Gasteiger partial charge in [-0.3, -0.25) is 4.79 Å². The van der Waals surface area contributed by atoms with E-state index < -0.39 is 7.41 Å². The Morgan fingerprint density at radius 3 is 1.70 bits per heavy atom. The first-order chi connectivity index (χ1) is 9.63. The zero-order valence-corrected chi connectivity index (χ0v) is 13.5. The molecule has 0 aliphatic carbocycles. The van der Waals surface area contributed by atoms with Crippen LogP contribution in [0.2, 0.25) is 0 Å². The fraction of sp³-hybridized carbons (Fsp3) is 0.188. The number of hydrogen-bond donors (Lipinski definition) is 1. The molecule has 0 radical (unpaired) electrons. The summed E-state index contributed by atoms with van der Waals surface area (Å²) >= 11 is 4.61. The summed E-state index contributed by atoms with van der Waals surface area (Å²) in [5.74, 6) is 0.0695. The van der Waals surface area contributed by atoms with Crippen molar-refractivity contribution in [1.29, 1.82) is 0 Å².